The number of para-hydroxylation sites is 1. The lowest BCUT2D eigenvalue weighted by molar-refractivity contribution is -0.134. The number of piperidine rings is 1. The molecule has 238 valence electrons. The highest BCUT2D eigenvalue weighted by Gasteiger charge is 2.35. The zero-order valence-electron chi connectivity index (χ0n) is 24.9. The number of carboxylic acid groups (broad SMARTS) is 2. The molecule has 1 aromatic heterocycles. The molecule has 2 heterocycles. The number of aliphatic carboxylic acids is 2. The van der Waals surface area contributed by atoms with E-state index in [1.807, 2.05) is 13.8 Å². The normalized spacial score (nSPS) is 17.4. The summed E-state index contributed by atoms with van der Waals surface area (Å²) in [5.74, 6) is -4.17. The number of unbranched alkanes of at least 4 members (excludes halogenated alkanes) is 1. The predicted molar refractivity (Wildman–Crippen MR) is 153 cm³/mol. The van der Waals surface area contributed by atoms with Crippen LogP contribution >= 0.6 is 0 Å². The molecule has 3 atom stereocenters. The SMILES string of the molecule is COCCCCc1c(C(=O)N(CC(C)C)[C@@H]2CNC[C@H](C(C)O)C2)nnn1-c1c(F)cccc1F.O=C(O)C=CC(=O)O. The summed E-state index contributed by atoms with van der Waals surface area (Å²) in [7, 11) is 1.61. The van der Waals surface area contributed by atoms with Gasteiger partial charge in [0.25, 0.3) is 5.91 Å². The van der Waals surface area contributed by atoms with Gasteiger partial charge in [-0.1, -0.05) is 25.1 Å². The third-order valence-electron chi connectivity index (χ3n) is 6.80. The van der Waals surface area contributed by atoms with E-state index in [4.69, 9.17) is 14.9 Å². The number of aliphatic hydroxyl groups is 1. The summed E-state index contributed by atoms with van der Waals surface area (Å²) >= 11 is 0. The van der Waals surface area contributed by atoms with Crippen LogP contribution in [0.4, 0.5) is 8.78 Å². The summed E-state index contributed by atoms with van der Waals surface area (Å²) < 4.78 is 35.5. The molecule has 1 aliphatic heterocycles. The summed E-state index contributed by atoms with van der Waals surface area (Å²) in [6.07, 6.45) is 2.99. The number of methoxy groups -OCH3 is 1. The third-order valence-corrected chi connectivity index (χ3v) is 6.80. The molecule has 0 spiro atoms. The number of ether oxygens (including phenoxy) is 1. The van der Waals surface area contributed by atoms with E-state index in [0.29, 0.717) is 69.8 Å². The highest BCUT2D eigenvalue weighted by atomic mass is 19.1. The van der Waals surface area contributed by atoms with Crippen LogP contribution < -0.4 is 5.32 Å². The van der Waals surface area contributed by atoms with Crippen LogP contribution in [0.2, 0.25) is 0 Å². The lowest BCUT2D eigenvalue weighted by atomic mass is 9.90. The lowest BCUT2D eigenvalue weighted by Crippen LogP contribution is -2.54. The van der Waals surface area contributed by atoms with Crippen molar-refractivity contribution < 1.29 is 43.2 Å². The number of carboxylic acids is 2. The van der Waals surface area contributed by atoms with E-state index in [2.05, 4.69) is 15.6 Å². The van der Waals surface area contributed by atoms with Gasteiger partial charge in [-0.15, -0.1) is 5.10 Å². The molecule has 2 aromatic rings. The van der Waals surface area contributed by atoms with Crippen molar-refractivity contribution in [1.82, 2.24) is 25.2 Å². The van der Waals surface area contributed by atoms with Crippen molar-refractivity contribution in [3.63, 3.8) is 0 Å². The van der Waals surface area contributed by atoms with Gasteiger partial charge in [-0.25, -0.2) is 23.1 Å². The minimum absolute atomic E-state index is 0.0212. The van der Waals surface area contributed by atoms with Crippen LogP contribution in [0.1, 0.15) is 56.2 Å². The van der Waals surface area contributed by atoms with Crippen molar-refractivity contribution in [2.45, 2.75) is 58.6 Å². The quantitative estimate of drug-likeness (QED) is 0.196. The second-order valence-electron chi connectivity index (χ2n) is 10.7. The first-order valence-electron chi connectivity index (χ1n) is 14.1. The molecular weight excluding hydrogens is 568 g/mol. The standard InChI is InChI=1S/C25H37F2N5O3.C4H4O4/c1-16(2)15-31(19-12-18(17(3)33)13-28-14-19)25(34)23-22(10-5-6-11-35-4)32(30-29-23)24-20(26)8-7-9-21(24)27;5-3(6)1-2-4(7)8/h7-9,16-19,28,33H,5-6,10-15H2,1-4H3;1-2H,(H,5,6)(H,7,8)/t17?,18-,19+;/m1./s1. The van der Waals surface area contributed by atoms with E-state index < -0.39 is 29.7 Å². The van der Waals surface area contributed by atoms with Crippen molar-refractivity contribution in [3.05, 3.63) is 53.4 Å². The Bertz CT molecular complexity index is 1220. The van der Waals surface area contributed by atoms with E-state index in [0.717, 1.165) is 16.8 Å². The number of aromatic nitrogens is 3. The Morgan fingerprint density at radius 2 is 1.74 bits per heavy atom. The second-order valence-corrected chi connectivity index (χ2v) is 10.7. The fourth-order valence-corrected chi connectivity index (χ4v) is 4.73. The van der Waals surface area contributed by atoms with E-state index in [1.165, 1.54) is 6.07 Å². The van der Waals surface area contributed by atoms with E-state index >= 15 is 0 Å². The molecule has 12 nitrogen and oxygen atoms in total. The average molecular weight is 610 g/mol. The Labute approximate surface area is 249 Å². The lowest BCUT2D eigenvalue weighted by Gasteiger charge is -2.39. The van der Waals surface area contributed by atoms with Crippen LogP contribution in [0.25, 0.3) is 5.69 Å². The number of amides is 1. The Balaban J connectivity index is 0.000000708. The number of hydrogen-bond donors (Lipinski definition) is 4. The number of carbonyl (C=O) groups is 3. The number of carbonyl (C=O) groups excluding carboxylic acids is 1. The van der Waals surface area contributed by atoms with Gasteiger partial charge in [0.05, 0.1) is 11.8 Å². The largest absolute Gasteiger partial charge is 0.478 e. The van der Waals surface area contributed by atoms with Crippen molar-refractivity contribution in [1.29, 1.82) is 0 Å². The monoisotopic (exact) mass is 609 g/mol. The van der Waals surface area contributed by atoms with Crippen molar-refractivity contribution in [2.24, 2.45) is 11.8 Å². The van der Waals surface area contributed by atoms with Gasteiger partial charge in [0.15, 0.2) is 17.3 Å². The fourth-order valence-electron chi connectivity index (χ4n) is 4.73. The first kappa shape index (κ1) is 35.4. The number of nitrogens with one attached hydrogen (secondary N) is 1. The molecule has 14 heteroatoms. The molecule has 1 saturated heterocycles. The van der Waals surface area contributed by atoms with Gasteiger partial charge in [-0.3, -0.25) is 4.79 Å². The molecule has 3 rings (SSSR count). The first-order chi connectivity index (χ1) is 20.4. The summed E-state index contributed by atoms with van der Waals surface area (Å²) in [6.45, 7) is 8.12. The molecule has 1 amide bonds. The maximum absolute atomic E-state index is 14.6. The van der Waals surface area contributed by atoms with Crippen molar-refractivity contribution in [3.8, 4) is 5.69 Å². The Hall–Kier alpha value is -3.75. The molecule has 1 fully saturated rings. The zero-order valence-corrected chi connectivity index (χ0v) is 24.9. The van der Waals surface area contributed by atoms with Crippen LogP contribution in [0.3, 0.4) is 0 Å². The summed E-state index contributed by atoms with van der Waals surface area (Å²) in [6, 6.07) is 3.46. The maximum Gasteiger partial charge on any atom is 0.328 e. The van der Waals surface area contributed by atoms with Crippen LogP contribution in [0.15, 0.2) is 30.4 Å². The van der Waals surface area contributed by atoms with Crippen LogP contribution in [-0.2, 0) is 20.7 Å². The zero-order chi connectivity index (χ0) is 32.1. The minimum atomic E-state index is -1.26. The second kappa shape index (κ2) is 17.4. The van der Waals surface area contributed by atoms with Crippen molar-refractivity contribution in [2.75, 3.05) is 33.4 Å². The number of nitrogens with zero attached hydrogens (tertiary/aromatic N) is 4. The topological polar surface area (TPSA) is 167 Å². The summed E-state index contributed by atoms with van der Waals surface area (Å²) in [5.41, 5.74) is 0.134. The van der Waals surface area contributed by atoms with E-state index in [1.54, 1.807) is 18.9 Å². The predicted octanol–water partition coefficient (Wildman–Crippen LogP) is 2.68. The van der Waals surface area contributed by atoms with Gasteiger partial charge < -0.3 is 30.3 Å². The number of rotatable bonds is 13. The first-order valence-corrected chi connectivity index (χ1v) is 14.1. The van der Waals surface area contributed by atoms with E-state index in [-0.39, 0.29) is 35.2 Å². The number of aliphatic hydroxyl groups excluding tert-OH is 1. The molecule has 0 bridgehead atoms. The van der Waals surface area contributed by atoms with E-state index in [9.17, 15) is 28.3 Å². The smallest absolute Gasteiger partial charge is 0.328 e. The molecule has 0 aliphatic carbocycles. The summed E-state index contributed by atoms with van der Waals surface area (Å²) in [4.78, 5) is 34.8. The molecular formula is C29H41F2N5O7. The van der Waals surface area contributed by atoms with Crippen LogP contribution in [0.5, 0.6) is 0 Å². The van der Waals surface area contributed by atoms with Gasteiger partial charge in [0, 0.05) is 51.5 Å². The van der Waals surface area contributed by atoms with Gasteiger partial charge in [0.2, 0.25) is 0 Å². The molecule has 0 saturated carbocycles. The average Bonchev–Trinajstić information content (AvgIpc) is 3.36. The third kappa shape index (κ3) is 10.8. The maximum atomic E-state index is 14.6. The number of benzene rings is 1. The molecule has 1 aromatic carbocycles. The van der Waals surface area contributed by atoms with Crippen LogP contribution in [0, 0.1) is 23.5 Å². The molecule has 0 radical (unpaired) electrons. The number of halogens is 2. The highest BCUT2D eigenvalue weighted by Crippen LogP contribution is 2.25. The van der Waals surface area contributed by atoms with Gasteiger partial charge in [-0.05, 0) is 56.6 Å². The number of hydrogen-bond acceptors (Lipinski definition) is 8. The van der Waals surface area contributed by atoms with Crippen molar-refractivity contribution >= 4 is 17.8 Å². The fraction of sp³-hybridized carbons (Fsp3) is 0.552. The van der Waals surface area contributed by atoms with Gasteiger partial charge >= 0.3 is 11.9 Å². The van der Waals surface area contributed by atoms with Gasteiger partial charge in [-0.2, -0.15) is 0 Å². The Morgan fingerprint density at radius 1 is 1.12 bits per heavy atom. The molecule has 4 N–H and O–H groups in total. The molecule has 43 heavy (non-hydrogen) atoms. The highest BCUT2D eigenvalue weighted by molar-refractivity contribution is 5.93. The Morgan fingerprint density at radius 3 is 2.28 bits per heavy atom. The minimum Gasteiger partial charge on any atom is -0.478 e. The Kier molecular flexibility index (Phi) is 14.3. The summed E-state index contributed by atoms with van der Waals surface area (Å²) in [5, 5.41) is 37.2. The molecule has 1 aliphatic rings. The van der Waals surface area contributed by atoms with Gasteiger partial charge in [0.1, 0.15) is 5.69 Å². The molecule has 1 unspecified atom stereocenters. The van der Waals surface area contributed by atoms with Crippen LogP contribution in [-0.4, -0.2) is 98.6 Å².